The van der Waals surface area contributed by atoms with Crippen LogP contribution >= 0.6 is 0 Å². The lowest BCUT2D eigenvalue weighted by atomic mass is 9.97. The fraction of sp³-hybridized carbons (Fsp3) is 0.556. The Labute approximate surface area is 142 Å². The van der Waals surface area contributed by atoms with Gasteiger partial charge in [0, 0.05) is 6.42 Å². The summed E-state index contributed by atoms with van der Waals surface area (Å²) in [4.78, 5) is 23.5. The van der Waals surface area contributed by atoms with Crippen LogP contribution in [-0.4, -0.2) is 35.7 Å². The van der Waals surface area contributed by atoms with Crippen LogP contribution in [0.5, 0.6) is 11.5 Å². The molecule has 0 heterocycles. The number of para-hydroxylation sites is 2. The number of benzene rings is 1. The van der Waals surface area contributed by atoms with Gasteiger partial charge in [0.2, 0.25) is 5.91 Å². The Morgan fingerprint density at radius 1 is 1.17 bits per heavy atom. The second-order valence-corrected chi connectivity index (χ2v) is 5.97. The Hall–Kier alpha value is -2.24. The number of carbonyl (C=O) groups excluding carboxylic acids is 1. The molecule has 6 heteroatoms. The topological polar surface area (TPSA) is 84.9 Å². The highest BCUT2D eigenvalue weighted by Crippen LogP contribution is 2.30. The predicted octanol–water partition coefficient (Wildman–Crippen LogP) is 2.76. The predicted molar refractivity (Wildman–Crippen MR) is 89.3 cm³/mol. The molecule has 132 valence electrons. The first-order valence-corrected chi connectivity index (χ1v) is 8.46. The molecular formula is C18H25NO5. The van der Waals surface area contributed by atoms with Crippen LogP contribution < -0.4 is 14.8 Å². The lowest BCUT2D eigenvalue weighted by Crippen LogP contribution is -2.52. The molecular weight excluding hydrogens is 310 g/mol. The fourth-order valence-corrected chi connectivity index (χ4v) is 2.96. The number of rotatable bonds is 9. The van der Waals surface area contributed by atoms with Gasteiger partial charge in [-0.15, -0.1) is 0 Å². The summed E-state index contributed by atoms with van der Waals surface area (Å²) in [6, 6.07) is 7.39. The van der Waals surface area contributed by atoms with Crippen molar-refractivity contribution in [1.82, 2.24) is 5.32 Å². The third-order valence-corrected chi connectivity index (χ3v) is 4.20. The molecule has 0 radical (unpaired) electrons. The Bertz CT molecular complexity index is 566. The largest absolute Gasteiger partial charge is 0.490 e. The third-order valence-electron chi connectivity index (χ3n) is 4.20. The molecule has 1 amide bonds. The lowest BCUT2D eigenvalue weighted by Gasteiger charge is -2.25. The van der Waals surface area contributed by atoms with Crippen molar-refractivity contribution >= 4 is 11.9 Å². The SMILES string of the molecule is CCOc1ccccc1OCCCC(=O)NC1(C(=O)O)CCCC1. The standard InChI is InChI=1S/C18H25NO5/c1-2-23-14-8-3-4-9-15(14)24-13-7-10-16(20)19-18(17(21)22)11-5-6-12-18/h3-4,8-9H,2,5-7,10-13H2,1H3,(H,19,20)(H,21,22). The van der Waals surface area contributed by atoms with Crippen molar-refractivity contribution in [2.24, 2.45) is 0 Å². The summed E-state index contributed by atoms with van der Waals surface area (Å²) in [5, 5.41) is 12.1. The zero-order chi connectivity index (χ0) is 17.4. The maximum absolute atomic E-state index is 12.0. The van der Waals surface area contributed by atoms with Gasteiger partial charge in [0.15, 0.2) is 11.5 Å². The summed E-state index contributed by atoms with van der Waals surface area (Å²) in [6.45, 7) is 2.83. The molecule has 1 aliphatic rings. The molecule has 0 saturated heterocycles. The molecule has 6 nitrogen and oxygen atoms in total. The van der Waals surface area contributed by atoms with E-state index in [9.17, 15) is 14.7 Å². The molecule has 0 atom stereocenters. The van der Waals surface area contributed by atoms with Gasteiger partial charge in [-0.05, 0) is 38.3 Å². The van der Waals surface area contributed by atoms with Gasteiger partial charge in [-0.2, -0.15) is 0 Å². The van der Waals surface area contributed by atoms with E-state index < -0.39 is 11.5 Å². The molecule has 0 unspecified atom stereocenters. The number of nitrogens with one attached hydrogen (secondary N) is 1. The van der Waals surface area contributed by atoms with Gasteiger partial charge in [-0.3, -0.25) is 4.79 Å². The minimum atomic E-state index is -1.07. The average Bonchev–Trinajstić information content (AvgIpc) is 3.03. The number of carboxylic acids is 1. The molecule has 2 rings (SSSR count). The van der Waals surface area contributed by atoms with E-state index in [0.717, 1.165) is 12.8 Å². The van der Waals surface area contributed by atoms with Crippen molar-refractivity contribution in [2.75, 3.05) is 13.2 Å². The Balaban J connectivity index is 1.76. The van der Waals surface area contributed by atoms with E-state index in [1.165, 1.54) is 0 Å². The number of aliphatic carboxylic acids is 1. The zero-order valence-electron chi connectivity index (χ0n) is 14.0. The van der Waals surface area contributed by atoms with Crippen LogP contribution in [0.2, 0.25) is 0 Å². The first-order chi connectivity index (χ1) is 11.6. The van der Waals surface area contributed by atoms with E-state index >= 15 is 0 Å². The number of hydrogen-bond donors (Lipinski definition) is 2. The lowest BCUT2D eigenvalue weighted by molar-refractivity contribution is -0.147. The van der Waals surface area contributed by atoms with Crippen molar-refractivity contribution in [3.05, 3.63) is 24.3 Å². The monoisotopic (exact) mass is 335 g/mol. The second-order valence-electron chi connectivity index (χ2n) is 5.97. The summed E-state index contributed by atoms with van der Waals surface area (Å²) >= 11 is 0. The second kappa shape index (κ2) is 8.57. The molecule has 0 bridgehead atoms. The summed E-state index contributed by atoms with van der Waals surface area (Å²) in [5.41, 5.74) is -1.07. The average molecular weight is 335 g/mol. The van der Waals surface area contributed by atoms with E-state index in [1.54, 1.807) is 0 Å². The van der Waals surface area contributed by atoms with Crippen molar-refractivity contribution in [1.29, 1.82) is 0 Å². The quantitative estimate of drug-likeness (QED) is 0.678. The van der Waals surface area contributed by atoms with Crippen LogP contribution in [-0.2, 0) is 9.59 Å². The van der Waals surface area contributed by atoms with Crippen LogP contribution in [0, 0.1) is 0 Å². The summed E-state index contributed by atoms with van der Waals surface area (Å²) < 4.78 is 11.1. The van der Waals surface area contributed by atoms with Crippen LogP contribution in [0.3, 0.4) is 0 Å². The van der Waals surface area contributed by atoms with E-state index in [4.69, 9.17) is 9.47 Å². The molecule has 1 aromatic carbocycles. The van der Waals surface area contributed by atoms with Gasteiger partial charge >= 0.3 is 5.97 Å². The maximum Gasteiger partial charge on any atom is 0.329 e. The van der Waals surface area contributed by atoms with Gasteiger partial charge in [0.05, 0.1) is 13.2 Å². The van der Waals surface area contributed by atoms with Crippen LogP contribution in [0.15, 0.2) is 24.3 Å². The summed E-state index contributed by atoms with van der Waals surface area (Å²) in [5.74, 6) is 0.161. The molecule has 1 fully saturated rings. The molecule has 1 saturated carbocycles. The van der Waals surface area contributed by atoms with Crippen LogP contribution in [0.25, 0.3) is 0 Å². The highest BCUT2D eigenvalue weighted by molar-refractivity contribution is 5.87. The molecule has 0 spiro atoms. The number of carbonyl (C=O) groups is 2. The maximum atomic E-state index is 12.0. The fourth-order valence-electron chi connectivity index (χ4n) is 2.96. The van der Waals surface area contributed by atoms with Gasteiger partial charge in [0.1, 0.15) is 5.54 Å². The third kappa shape index (κ3) is 4.63. The van der Waals surface area contributed by atoms with Crippen LogP contribution in [0.4, 0.5) is 0 Å². The van der Waals surface area contributed by atoms with Gasteiger partial charge < -0.3 is 19.9 Å². The van der Waals surface area contributed by atoms with Crippen LogP contribution in [0.1, 0.15) is 45.4 Å². The smallest absolute Gasteiger partial charge is 0.329 e. The van der Waals surface area contributed by atoms with E-state index in [-0.39, 0.29) is 12.3 Å². The number of hydrogen-bond acceptors (Lipinski definition) is 4. The number of carboxylic acid groups (broad SMARTS) is 1. The number of amides is 1. The molecule has 2 N–H and O–H groups in total. The van der Waals surface area contributed by atoms with Gasteiger partial charge in [-0.1, -0.05) is 25.0 Å². The van der Waals surface area contributed by atoms with E-state index in [0.29, 0.717) is 44.0 Å². The molecule has 1 aliphatic carbocycles. The summed E-state index contributed by atoms with van der Waals surface area (Å²) in [7, 11) is 0. The Morgan fingerprint density at radius 2 is 1.79 bits per heavy atom. The van der Waals surface area contributed by atoms with Crippen molar-refractivity contribution < 1.29 is 24.2 Å². The van der Waals surface area contributed by atoms with Gasteiger partial charge in [0.25, 0.3) is 0 Å². The minimum Gasteiger partial charge on any atom is -0.490 e. The first-order valence-electron chi connectivity index (χ1n) is 8.46. The number of ether oxygens (including phenoxy) is 2. The molecule has 0 aliphatic heterocycles. The van der Waals surface area contributed by atoms with Crippen molar-refractivity contribution in [3.8, 4) is 11.5 Å². The highest BCUT2D eigenvalue weighted by atomic mass is 16.5. The van der Waals surface area contributed by atoms with E-state index in [2.05, 4.69) is 5.32 Å². The molecule has 24 heavy (non-hydrogen) atoms. The molecule has 1 aromatic rings. The van der Waals surface area contributed by atoms with Crippen molar-refractivity contribution in [3.63, 3.8) is 0 Å². The minimum absolute atomic E-state index is 0.235. The molecule has 0 aromatic heterocycles. The normalized spacial score (nSPS) is 15.7. The Kier molecular flexibility index (Phi) is 6.46. The Morgan fingerprint density at radius 3 is 2.38 bits per heavy atom. The van der Waals surface area contributed by atoms with E-state index in [1.807, 2.05) is 31.2 Å². The first kappa shape index (κ1) is 18.1. The van der Waals surface area contributed by atoms with Gasteiger partial charge in [-0.25, -0.2) is 4.79 Å². The zero-order valence-corrected chi connectivity index (χ0v) is 14.0. The summed E-state index contributed by atoms with van der Waals surface area (Å²) in [6.07, 6.45) is 3.44. The highest BCUT2D eigenvalue weighted by Gasteiger charge is 2.42. The van der Waals surface area contributed by atoms with Crippen molar-refractivity contribution in [2.45, 2.75) is 51.0 Å².